The fraction of sp³-hybridized carbons (Fsp3) is 0.583. The van der Waals surface area contributed by atoms with Crippen molar-refractivity contribution >= 4 is 39.8 Å². The Kier molecular flexibility index (Phi) is 7.38. The number of nitrogens with two attached hydrogens (primary N) is 2. The van der Waals surface area contributed by atoms with Crippen molar-refractivity contribution in [2.45, 2.75) is 37.6 Å². The third-order valence-electron chi connectivity index (χ3n) is 2.83. The van der Waals surface area contributed by atoms with Gasteiger partial charge in [-0.05, 0) is 25.3 Å². The van der Waals surface area contributed by atoms with Crippen LogP contribution in [0, 0.1) is 5.92 Å². The molecule has 0 saturated carbocycles. The third kappa shape index (κ3) is 5.60. The van der Waals surface area contributed by atoms with Gasteiger partial charge in [-0.1, -0.05) is 25.4 Å². The fourth-order valence-corrected chi connectivity index (χ4v) is 3.85. The molecule has 0 saturated heterocycles. The highest BCUT2D eigenvalue weighted by molar-refractivity contribution is 7.89. The van der Waals surface area contributed by atoms with Crippen molar-refractivity contribution in [3.05, 3.63) is 17.3 Å². The normalized spacial score (nSPS) is 14.6. The minimum atomic E-state index is -3.83. The number of halogens is 2. The van der Waals surface area contributed by atoms with E-state index in [-0.39, 0.29) is 34.7 Å². The summed E-state index contributed by atoms with van der Waals surface area (Å²) in [7, 11) is -3.83. The zero-order valence-corrected chi connectivity index (χ0v) is 14.6. The van der Waals surface area contributed by atoms with E-state index in [1.807, 2.05) is 13.8 Å². The van der Waals surface area contributed by atoms with Crippen molar-refractivity contribution in [3.8, 4) is 0 Å². The van der Waals surface area contributed by atoms with E-state index in [1.54, 1.807) is 6.92 Å². The Balaban J connectivity index is 0.00000400. The van der Waals surface area contributed by atoms with Crippen LogP contribution in [0.5, 0.6) is 0 Å². The van der Waals surface area contributed by atoms with Crippen molar-refractivity contribution in [1.82, 2.24) is 9.71 Å². The first-order valence-electron chi connectivity index (χ1n) is 6.25. The maximum Gasteiger partial charge on any atom is 0.244 e. The maximum absolute atomic E-state index is 12.4. The van der Waals surface area contributed by atoms with Gasteiger partial charge in [-0.3, -0.25) is 0 Å². The Hall–Kier alpha value is -0.600. The van der Waals surface area contributed by atoms with Crippen LogP contribution >= 0.6 is 24.0 Å². The lowest BCUT2D eigenvalue weighted by atomic mass is 9.92. The van der Waals surface area contributed by atoms with Crippen molar-refractivity contribution in [2.75, 3.05) is 12.3 Å². The lowest BCUT2D eigenvalue weighted by Crippen LogP contribution is -2.52. The van der Waals surface area contributed by atoms with E-state index >= 15 is 0 Å². The molecule has 0 spiro atoms. The average Bonchev–Trinajstić information content (AvgIpc) is 2.30. The average molecular weight is 357 g/mol. The van der Waals surface area contributed by atoms with E-state index in [2.05, 4.69) is 9.71 Å². The highest BCUT2D eigenvalue weighted by Crippen LogP contribution is 2.23. The van der Waals surface area contributed by atoms with Crippen LogP contribution in [-0.4, -0.2) is 25.5 Å². The molecule has 5 N–H and O–H groups in total. The summed E-state index contributed by atoms with van der Waals surface area (Å²) in [5.74, 6) is 0.201. The first-order valence-corrected chi connectivity index (χ1v) is 8.11. The third-order valence-corrected chi connectivity index (χ3v) is 4.70. The second kappa shape index (κ2) is 7.60. The van der Waals surface area contributed by atoms with E-state index in [1.165, 1.54) is 12.3 Å². The first-order chi connectivity index (χ1) is 9.09. The van der Waals surface area contributed by atoms with Crippen LogP contribution in [0.3, 0.4) is 0 Å². The zero-order chi connectivity index (χ0) is 15.6. The van der Waals surface area contributed by atoms with Crippen molar-refractivity contribution in [2.24, 2.45) is 11.7 Å². The molecule has 1 atom stereocenters. The number of sulfonamides is 1. The van der Waals surface area contributed by atoms with Gasteiger partial charge in [0, 0.05) is 18.3 Å². The lowest BCUT2D eigenvalue weighted by Gasteiger charge is -2.30. The Morgan fingerprint density at radius 2 is 2.05 bits per heavy atom. The van der Waals surface area contributed by atoms with Crippen LogP contribution < -0.4 is 16.2 Å². The lowest BCUT2D eigenvalue weighted by molar-refractivity contribution is 0.344. The van der Waals surface area contributed by atoms with Gasteiger partial charge in [-0.15, -0.1) is 12.4 Å². The molecule has 1 aromatic rings. The van der Waals surface area contributed by atoms with Gasteiger partial charge in [-0.25, -0.2) is 18.1 Å². The summed E-state index contributed by atoms with van der Waals surface area (Å²) >= 11 is 5.78. The van der Waals surface area contributed by atoms with E-state index < -0.39 is 15.6 Å². The molecule has 0 aliphatic heterocycles. The monoisotopic (exact) mass is 356 g/mol. The highest BCUT2D eigenvalue weighted by Gasteiger charge is 2.31. The smallest absolute Gasteiger partial charge is 0.244 e. The molecule has 1 rings (SSSR count). The molecule has 122 valence electrons. The van der Waals surface area contributed by atoms with Crippen LogP contribution in [-0.2, 0) is 10.0 Å². The van der Waals surface area contributed by atoms with Gasteiger partial charge >= 0.3 is 0 Å². The molecule has 0 aliphatic carbocycles. The summed E-state index contributed by atoms with van der Waals surface area (Å²) in [5.41, 5.74) is 10.6. The molecule has 0 aromatic carbocycles. The molecular formula is C12H22Cl2N4O2S. The summed E-state index contributed by atoms with van der Waals surface area (Å²) < 4.78 is 27.4. The Bertz CT molecular complexity index is 581. The Morgan fingerprint density at radius 1 is 1.48 bits per heavy atom. The molecule has 0 bridgehead atoms. The van der Waals surface area contributed by atoms with Gasteiger partial charge in [0.05, 0.1) is 5.02 Å². The summed E-state index contributed by atoms with van der Waals surface area (Å²) in [6.07, 6.45) is 1.91. The number of hydrogen-bond donors (Lipinski definition) is 3. The SMILES string of the molecule is CC(C)CC(C)(CN)NS(=O)(=O)c1cc(Cl)cnc1N.Cl. The molecule has 9 heteroatoms. The van der Waals surface area contributed by atoms with E-state index in [0.29, 0.717) is 12.3 Å². The fourth-order valence-electron chi connectivity index (χ4n) is 2.09. The summed E-state index contributed by atoms with van der Waals surface area (Å²) in [6.45, 7) is 5.94. The number of nitrogens with one attached hydrogen (secondary N) is 1. The van der Waals surface area contributed by atoms with Crippen molar-refractivity contribution in [3.63, 3.8) is 0 Å². The predicted molar refractivity (Wildman–Crippen MR) is 88.1 cm³/mol. The number of nitrogens with zero attached hydrogens (tertiary/aromatic N) is 1. The standard InChI is InChI=1S/C12H21ClN4O2S.ClH/c1-8(2)5-12(3,7-14)17-20(18,19)10-4-9(13)6-16-11(10)15;/h4,6,8,17H,5,7,14H2,1-3H3,(H2,15,16);1H. The molecular weight excluding hydrogens is 335 g/mol. The molecule has 0 amide bonds. The van der Waals surface area contributed by atoms with Gasteiger partial charge in [0.2, 0.25) is 10.0 Å². The zero-order valence-electron chi connectivity index (χ0n) is 12.3. The number of nitrogen functional groups attached to an aromatic ring is 1. The summed E-state index contributed by atoms with van der Waals surface area (Å²) in [4.78, 5) is 3.63. The van der Waals surface area contributed by atoms with E-state index in [0.717, 1.165) is 0 Å². The number of aromatic nitrogens is 1. The molecule has 21 heavy (non-hydrogen) atoms. The quantitative estimate of drug-likeness (QED) is 0.719. The number of pyridine rings is 1. The van der Waals surface area contributed by atoms with Crippen LogP contribution in [0.4, 0.5) is 5.82 Å². The molecule has 1 aromatic heterocycles. The largest absolute Gasteiger partial charge is 0.383 e. The van der Waals surface area contributed by atoms with Crippen molar-refractivity contribution in [1.29, 1.82) is 0 Å². The van der Waals surface area contributed by atoms with Gasteiger partial charge in [0.1, 0.15) is 10.7 Å². The highest BCUT2D eigenvalue weighted by atomic mass is 35.5. The number of rotatable bonds is 6. The first kappa shape index (κ1) is 20.4. The number of hydrogen-bond acceptors (Lipinski definition) is 5. The summed E-state index contributed by atoms with van der Waals surface area (Å²) in [5, 5.41) is 0.206. The molecule has 6 nitrogen and oxygen atoms in total. The molecule has 0 aliphatic rings. The second-order valence-electron chi connectivity index (χ2n) is 5.51. The topological polar surface area (TPSA) is 111 Å². The maximum atomic E-state index is 12.4. The number of anilines is 1. The molecule has 0 radical (unpaired) electrons. The molecule has 1 heterocycles. The predicted octanol–water partition coefficient (Wildman–Crippen LogP) is 1.78. The van der Waals surface area contributed by atoms with E-state index in [4.69, 9.17) is 23.1 Å². The van der Waals surface area contributed by atoms with Crippen LogP contribution in [0.25, 0.3) is 0 Å². The van der Waals surface area contributed by atoms with Gasteiger partial charge < -0.3 is 11.5 Å². The van der Waals surface area contributed by atoms with E-state index in [9.17, 15) is 8.42 Å². The van der Waals surface area contributed by atoms with Crippen LogP contribution in [0.1, 0.15) is 27.2 Å². The van der Waals surface area contributed by atoms with Crippen molar-refractivity contribution < 1.29 is 8.42 Å². The van der Waals surface area contributed by atoms with Crippen LogP contribution in [0.2, 0.25) is 5.02 Å². The van der Waals surface area contributed by atoms with Gasteiger partial charge in [-0.2, -0.15) is 0 Å². The van der Waals surface area contributed by atoms with Gasteiger partial charge in [0.15, 0.2) is 0 Å². The Morgan fingerprint density at radius 3 is 2.52 bits per heavy atom. The second-order valence-corrected chi connectivity index (χ2v) is 7.59. The van der Waals surface area contributed by atoms with Gasteiger partial charge in [0.25, 0.3) is 0 Å². The Labute approximate surface area is 137 Å². The molecule has 0 fully saturated rings. The minimum Gasteiger partial charge on any atom is -0.383 e. The molecule has 1 unspecified atom stereocenters. The summed E-state index contributed by atoms with van der Waals surface area (Å²) in [6, 6.07) is 1.28. The van der Waals surface area contributed by atoms with Crippen LogP contribution in [0.15, 0.2) is 17.2 Å². The minimum absolute atomic E-state index is 0.